The zero-order valence-corrected chi connectivity index (χ0v) is 7.13. The van der Waals surface area contributed by atoms with E-state index in [9.17, 15) is 4.79 Å². The van der Waals surface area contributed by atoms with Crippen molar-refractivity contribution in [2.45, 2.75) is 25.4 Å². The average molecular weight is 147 g/mol. The third kappa shape index (κ3) is 2.42. The molecule has 0 heterocycles. The van der Waals surface area contributed by atoms with Gasteiger partial charge in [0, 0.05) is 5.16 Å². The van der Waals surface area contributed by atoms with Crippen molar-refractivity contribution in [1.29, 1.82) is 0 Å². The molecule has 0 spiro atoms. The Morgan fingerprint density at radius 2 is 2.22 bits per heavy atom. The molecule has 2 N–H and O–H groups in total. The first-order valence-electron chi connectivity index (χ1n) is 3.07. The summed E-state index contributed by atoms with van der Waals surface area (Å²) in [7, 11) is 2.52. The topological polar surface area (TPSA) is 43.1 Å². The third-order valence-electron chi connectivity index (χ3n) is 1.56. The van der Waals surface area contributed by atoms with Crippen molar-refractivity contribution >= 4 is 15.0 Å². The molecule has 0 aromatic rings. The number of carbonyl (C=O) groups excluding carboxylic acids is 1. The van der Waals surface area contributed by atoms with Crippen molar-refractivity contribution < 1.29 is 4.79 Å². The van der Waals surface area contributed by atoms with Crippen LogP contribution in [0.25, 0.3) is 0 Å². The smallest absolute Gasteiger partial charge is 0.155 e. The van der Waals surface area contributed by atoms with Crippen LogP contribution in [0.4, 0.5) is 0 Å². The summed E-state index contributed by atoms with van der Waals surface area (Å²) >= 11 is 0. The molecule has 0 aliphatic heterocycles. The zero-order valence-electron chi connectivity index (χ0n) is 5.98. The Kier molecular flexibility index (Phi) is 3.31. The maximum absolute atomic E-state index is 10.9. The molecule has 3 heteroatoms. The molecular weight excluding hydrogens is 133 g/mol. The minimum atomic E-state index is -0.297. The normalized spacial score (nSPS) is 16.9. The van der Waals surface area contributed by atoms with E-state index < -0.39 is 0 Å². The number of rotatable bonds is 3. The molecule has 9 heavy (non-hydrogen) atoms. The first kappa shape index (κ1) is 9.06. The van der Waals surface area contributed by atoms with E-state index in [4.69, 9.17) is 5.73 Å². The van der Waals surface area contributed by atoms with E-state index in [0.717, 1.165) is 6.42 Å². The summed E-state index contributed by atoms with van der Waals surface area (Å²) in [6.45, 7) is 4.00. The van der Waals surface area contributed by atoms with Gasteiger partial charge in [-0.15, -0.1) is 9.24 Å². The van der Waals surface area contributed by atoms with Crippen LogP contribution in [-0.4, -0.2) is 17.5 Å². The predicted octanol–water partition coefficient (Wildman–Crippen LogP) is 0.558. The van der Waals surface area contributed by atoms with Crippen molar-refractivity contribution in [3.63, 3.8) is 0 Å². The molecule has 0 bridgehead atoms. The number of ketones is 1. The largest absolute Gasteiger partial charge is 0.324 e. The monoisotopic (exact) mass is 147 g/mol. The fraction of sp³-hybridized carbons (Fsp3) is 0.833. The molecule has 0 saturated heterocycles. The predicted molar refractivity (Wildman–Crippen MR) is 42.5 cm³/mol. The Morgan fingerprint density at radius 3 is 2.33 bits per heavy atom. The summed E-state index contributed by atoms with van der Waals surface area (Å²) in [5, 5.41) is -0.297. The van der Waals surface area contributed by atoms with Crippen molar-refractivity contribution in [1.82, 2.24) is 0 Å². The Labute approximate surface area is 58.4 Å². The number of hydrogen-bond acceptors (Lipinski definition) is 2. The van der Waals surface area contributed by atoms with Gasteiger partial charge in [0.05, 0.1) is 6.54 Å². The lowest BCUT2D eigenvalue weighted by Crippen LogP contribution is -2.33. The minimum absolute atomic E-state index is 0.106. The summed E-state index contributed by atoms with van der Waals surface area (Å²) < 4.78 is 0. The van der Waals surface area contributed by atoms with Gasteiger partial charge in [-0.25, -0.2) is 0 Å². The molecule has 54 valence electrons. The summed E-state index contributed by atoms with van der Waals surface area (Å²) in [4.78, 5) is 10.9. The lowest BCUT2D eigenvalue weighted by molar-refractivity contribution is -0.119. The molecule has 0 saturated carbocycles. The highest BCUT2D eigenvalue weighted by Gasteiger charge is 2.23. The van der Waals surface area contributed by atoms with Gasteiger partial charge < -0.3 is 5.73 Å². The van der Waals surface area contributed by atoms with Crippen molar-refractivity contribution in [2.24, 2.45) is 5.73 Å². The molecule has 2 unspecified atom stereocenters. The van der Waals surface area contributed by atoms with Crippen LogP contribution in [0.5, 0.6) is 0 Å². The van der Waals surface area contributed by atoms with E-state index in [0.29, 0.717) is 0 Å². The van der Waals surface area contributed by atoms with Crippen LogP contribution >= 0.6 is 9.24 Å². The Morgan fingerprint density at radius 1 is 1.78 bits per heavy atom. The molecule has 0 radical (unpaired) electrons. The van der Waals surface area contributed by atoms with E-state index in [1.54, 1.807) is 0 Å². The molecule has 0 fully saturated rings. The van der Waals surface area contributed by atoms with Crippen LogP contribution in [-0.2, 0) is 4.79 Å². The van der Waals surface area contributed by atoms with E-state index >= 15 is 0 Å². The van der Waals surface area contributed by atoms with E-state index in [1.165, 1.54) is 0 Å². The summed E-state index contributed by atoms with van der Waals surface area (Å²) in [6.07, 6.45) is 0.827. The standard InChI is InChI=1S/C6H14NOP/c1-3-6(2,9)5(8)4-7/h3-4,7,9H2,1-2H3. The Bertz CT molecular complexity index is 112. The fourth-order valence-corrected chi connectivity index (χ4v) is 0.548. The van der Waals surface area contributed by atoms with Gasteiger partial charge in [-0.3, -0.25) is 4.79 Å². The third-order valence-corrected chi connectivity index (χ3v) is 2.29. The number of carbonyl (C=O) groups is 1. The first-order valence-corrected chi connectivity index (χ1v) is 3.64. The van der Waals surface area contributed by atoms with Gasteiger partial charge in [0.25, 0.3) is 0 Å². The van der Waals surface area contributed by atoms with Crippen molar-refractivity contribution in [3.8, 4) is 0 Å². The average Bonchev–Trinajstić information content (AvgIpc) is 1.86. The maximum Gasteiger partial charge on any atom is 0.155 e. The molecule has 0 aromatic carbocycles. The van der Waals surface area contributed by atoms with Gasteiger partial charge in [0.1, 0.15) is 0 Å². The Balaban J connectivity index is 3.97. The highest BCUT2D eigenvalue weighted by Crippen LogP contribution is 2.21. The molecule has 0 aliphatic rings. The minimum Gasteiger partial charge on any atom is -0.324 e. The molecule has 2 nitrogen and oxygen atoms in total. The highest BCUT2D eigenvalue weighted by atomic mass is 31.0. The van der Waals surface area contributed by atoms with Gasteiger partial charge in [0.15, 0.2) is 5.78 Å². The van der Waals surface area contributed by atoms with Gasteiger partial charge >= 0.3 is 0 Å². The van der Waals surface area contributed by atoms with E-state index in [-0.39, 0.29) is 17.5 Å². The van der Waals surface area contributed by atoms with Crippen LogP contribution in [0, 0.1) is 0 Å². The van der Waals surface area contributed by atoms with Crippen LogP contribution in [0.2, 0.25) is 0 Å². The second kappa shape index (κ2) is 3.28. The van der Waals surface area contributed by atoms with E-state index in [2.05, 4.69) is 9.24 Å². The molecule has 0 aromatic heterocycles. The van der Waals surface area contributed by atoms with Crippen molar-refractivity contribution in [3.05, 3.63) is 0 Å². The summed E-state index contributed by atoms with van der Waals surface area (Å²) in [6, 6.07) is 0. The lowest BCUT2D eigenvalue weighted by atomic mass is 10.0. The SMILES string of the molecule is CCC(C)(P)C(=O)CN. The van der Waals surface area contributed by atoms with Gasteiger partial charge in [-0.2, -0.15) is 0 Å². The molecule has 0 aliphatic carbocycles. The Hall–Kier alpha value is 0.0600. The lowest BCUT2D eigenvalue weighted by Gasteiger charge is -2.18. The summed E-state index contributed by atoms with van der Waals surface area (Å²) in [5.41, 5.74) is 5.17. The second-order valence-corrected chi connectivity index (χ2v) is 3.67. The van der Waals surface area contributed by atoms with Crippen LogP contribution in [0.15, 0.2) is 0 Å². The molecule has 0 rings (SSSR count). The molecular formula is C6H14NOP. The van der Waals surface area contributed by atoms with E-state index in [1.807, 2.05) is 13.8 Å². The number of hydrogen-bond donors (Lipinski definition) is 1. The van der Waals surface area contributed by atoms with Gasteiger partial charge in [-0.1, -0.05) is 6.92 Å². The van der Waals surface area contributed by atoms with Crippen molar-refractivity contribution in [2.75, 3.05) is 6.54 Å². The first-order chi connectivity index (χ1) is 4.04. The number of Topliss-reactive ketones (excluding diaryl/α,β-unsaturated/α-hetero) is 1. The maximum atomic E-state index is 10.9. The van der Waals surface area contributed by atoms with Crippen LogP contribution in [0.3, 0.4) is 0 Å². The summed E-state index contributed by atoms with van der Waals surface area (Å²) in [5.74, 6) is 0.106. The van der Waals surface area contributed by atoms with Gasteiger partial charge in [0.2, 0.25) is 0 Å². The quantitative estimate of drug-likeness (QED) is 0.592. The van der Waals surface area contributed by atoms with Gasteiger partial charge in [-0.05, 0) is 13.3 Å². The highest BCUT2D eigenvalue weighted by molar-refractivity contribution is 7.21. The second-order valence-electron chi connectivity index (χ2n) is 2.40. The van der Waals surface area contributed by atoms with Crippen LogP contribution in [0.1, 0.15) is 20.3 Å². The molecule has 0 amide bonds. The molecule has 2 atom stereocenters. The fourth-order valence-electron chi connectivity index (χ4n) is 0.430. The zero-order chi connectivity index (χ0) is 7.49. The number of nitrogens with two attached hydrogens (primary N) is 1. The van der Waals surface area contributed by atoms with Crippen LogP contribution < -0.4 is 5.73 Å².